The predicted octanol–water partition coefficient (Wildman–Crippen LogP) is 0.365. The van der Waals surface area contributed by atoms with Crippen LogP contribution in [0, 0.1) is 0 Å². The van der Waals surface area contributed by atoms with Crippen molar-refractivity contribution in [2.24, 2.45) is 12.0 Å². The Balaban J connectivity index is 1.81. The van der Waals surface area contributed by atoms with Crippen molar-refractivity contribution in [2.45, 2.75) is 19.4 Å². The third kappa shape index (κ3) is 4.54. The lowest BCUT2D eigenvalue weighted by atomic mass is 10.1. The van der Waals surface area contributed by atoms with Gasteiger partial charge in [0, 0.05) is 40.8 Å². The van der Waals surface area contributed by atoms with Crippen molar-refractivity contribution in [1.82, 2.24) is 30.4 Å². The molecule has 9 nitrogen and oxygen atoms in total. The minimum absolute atomic E-state index is 0.247. The van der Waals surface area contributed by atoms with E-state index in [1.165, 1.54) is 6.33 Å². The maximum Gasteiger partial charge on any atom is 0.191 e. The normalized spacial score (nSPS) is 12.5. The van der Waals surface area contributed by atoms with E-state index in [2.05, 4.69) is 36.0 Å². The first-order chi connectivity index (χ1) is 11.5. The molecule has 2 aromatic heterocycles. The number of ether oxygens (including phenoxy) is 1. The summed E-state index contributed by atoms with van der Waals surface area (Å²) in [4.78, 5) is 12.7. The molecule has 2 rings (SSSR count). The second-order valence-electron chi connectivity index (χ2n) is 5.97. The molecule has 0 spiro atoms. The van der Waals surface area contributed by atoms with Crippen molar-refractivity contribution < 1.29 is 4.74 Å². The van der Waals surface area contributed by atoms with Gasteiger partial charge in [0.2, 0.25) is 0 Å². The molecular weight excluding hydrogens is 308 g/mol. The van der Waals surface area contributed by atoms with Crippen LogP contribution in [0.2, 0.25) is 0 Å². The summed E-state index contributed by atoms with van der Waals surface area (Å²) in [5.41, 5.74) is 0.558. The zero-order valence-electron chi connectivity index (χ0n) is 14.9. The number of methoxy groups -OCH3 is 1. The van der Waals surface area contributed by atoms with Gasteiger partial charge in [-0.2, -0.15) is 5.10 Å². The number of nitrogens with zero attached hydrogens (tertiary/aromatic N) is 5. The van der Waals surface area contributed by atoms with Gasteiger partial charge in [0.25, 0.3) is 0 Å². The number of hydrogen-bond acceptors (Lipinski definition) is 6. The Labute approximate surface area is 141 Å². The van der Waals surface area contributed by atoms with Crippen LogP contribution >= 0.6 is 0 Å². The fourth-order valence-corrected chi connectivity index (χ4v) is 2.05. The highest BCUT2D eigenvalue weighted by molar-refractivity contribution is 5.86. The van der Waals surface area contributed by atoms with Crippen molar-refractivity contribution in [3.8, 4) is 0 Å². The monoisotopic (exact) mass is 334 g/mol. The first-order valence-corrected chi connectivity index (χ1v) is 7.83. The average molecular weight is 334 g/mol. The smallest absolute Gasteiger partial charge is 0.191 e. The van der Waals surface area contributed by atoms with Crippen LogP contribution in [0.4, 0.5) is 5.82 Å². The number of aromatic nitrogens is 4. The van der Waals surface area contributed by atoms with E-state index in [1.54, 1.807) is 25.0 Å². The summed E-state index contributed by atoms with van der Waals surface area (Å²) in [5.74, 6) is 1.51. The standard InChI is InChI=1S/C15H26N8O/c1-15(2,24-5)9-19-14(16-3)18-7-6-17-12-11-8-22-23(4)13(11)21-10-20-12/h8,10H,6-7,9H2,1-5H3,(H2,16,18,19)(H,17,20,21). The maximum absolute atomic E-state index is 5.38. The van der Waals surface area contributed by atoms with Gasteiger partial charge in [-0.05, 0) is 13.8 Å². The number of hydrogen-bond donors (Lipinski definition) is 3. The van der Waals surface area contributed by atoms with E-state index in [0.29, 0.717) is 19.6 Å². The first-order valence-electron chi connectivity index (χ1n) is 7.83. The van der Waals surface area contributed by atoms with E-state index in [4.69, 9.17) is 4.74 Å². The van der Waals surface area contributed by atoms with Gasteiger partial charge >= 0.3 is 0 Å². The third-order valence-corrected chi connectivity index (χ3v) is 3.70. The van der Waals surface area contributed by atoms with Crippen molar-refractivity contribution in [2.75, 3.05) is 39.1 Å². The topological polar surface area (TPSA) is 101 Å². The Bertz CT molecular complexity index is 694. The third-order valence-electron chi connectivity index (χ3n) is 3.70. The van der Waals surface area contributed by atoms with Gasteiger partial charge in [-0.1, -0.05) is 0 Å². The molecule has 3 N–H and O–H groups in total. The Hall–Kier alpha value is -2.42. The van der Waals surface area contributed by atoms with Gasteiger partial charge in [-0.15, -0.1) is 0 Å². The minimum Gasteiger partial charge on any atom is -0.377 e. The highest BCUT2D eigenvalue weighted by Gasteiger charge is 2.16. The molecule has 132 valence electrons. The lowest BCUT2D eigenvalue weighted by Gasteiger charge is -2.24. The largest absolute Gasteiger partial charge is 0.377 e. The van der Waals surface area contributed by atoms with Crippen LogP contribution in [0.1, 0.15) is 13.8 Å². The Kier molecular flexibility index (Phi) is 5.91. The Morgan fingerprint density at radius 2 is 2.08 bits per heavy atom. The van der Waals surface area contributed by atoms with Gasteiger partial charge in [-0.3, -0.25) is 9.67 Å². The molecule has 2 heterocycles. The molecule has 2 aromatic rings. The molecule has 0 unspecified atom stereocenters. The van der Waals surface area contributed by atoms with Gasteiger partial charge in [0.15, 0.2) is 11.6 Å². The second kappa shape index (κ2) is 7.91. The van der Waals surface area contributed by atoms with Crippen LogP contribution in [-0.4, -0.2) is 65.1 Å². The molecule has 0 fully saturated rings. The van der Waals surface area contributed by atoms with E-state index >= 15 is 0 Å². The van der Waals surface area contributed by atoms with Crippen molar-refractivity contribution in [3.05, 3.63) is 12.5 Å². The summed E-state index contributed by atoms with van der Waals surface area (Å²) in [5, 5.41) is 14.9. The van der Waals surface area contributed by atoms with Crippen LogP contribution in [0.5, 0.6) is 0 Å². The summed E-state index contributed by atoms with van der Waals surface area (Å²) < 4.78 is 7.11. The summed E-state index contributed by atoms with van der Waals surface area (Å²) in [6.07, 6.45) is 3.30. The van der Waals surface area contributed by atoms with E-state index < -0.39 is 0 Å². The lowest BCUT2D eigenvalue weighted by Crippen LogP contribution is -2.46. The van der Waals surface area contributed by atoms with Crippen LogP contribution in [0.15, 0.2) is 17.5 Å². The number of nitrogens with one attached hydrogen (secondary N) is 3. The van der Waals surface area contributed by atoms with E-state index in [-0.39, 0.29) is 5.60 Å². The molecule has 0 saturated heterocycles. The number of rotatable bonds is 7. The highest BCUT2D eigenvalue weighted by Crippen LogP contribution is 2.16. The van der Waals surface area contributed by atoms with E-state index in [1.807, 2.05) is 20.9 Å². The second-order valence-corrected chi connectivity index (χ2v) is 5.97. The predicted molar refractivity (Wildman–Crippen MR) is 95.2 cm³/mol. The summed E-state index contributed by atoms with van der Waals surface area (Å²) in [7, 11) is 5.30. The van der Waals surface area contributed by atoms with Crippen molar-refractivity contribution in [1.29, 1.82) is 0 Å². The molecule has 0 bridgehead atoms. The highest BCUT2D eigenvalue weighted by atomic mass is 16.5. The quantitative estimate of drug-likeness (QED) is 0.382. The molecular formula is C15H26N8O. The minimum atomic E-state index is -0.247. The van der Waals surface area contributed by atoms with Crippen LogP contribution in [0.25, 0.3) is 11.0 Å². The van der Waals surface area contributed by atoms with E-state index in [9.17, 15) is 0 Å². The van der Waals surface area contributed by atoms with Crippen molar-refractivity contribution >= 4 is 22.8 Å². The number of guanidine groups is 1. The molecule has 0 aliphatic heterocycles. The molecule has 0 saturated carbocycles. The number of fused-ring (bicyclic) bond motifs is 1. The number of anilines is 1. The summed E-state index contributed by atoms with van der Waals surface area (Å²) >= 11 is 0. The average Bonchev–Trinajstić information content (AvgIpc) is 2.96. The summed E-state index contributed by atoms with van der Waals surface area (Å²) in [6.45, 7) is 6.08. The fraction of sp³-hybridized carbons (Fsp3) is 0.600. The van der Waals surface area contributed by atoms with Gasteiger partial charge in [0.1, 0.15) is 12.1 Å². The lowest BCUT2D eigenvalue weighted by molar-refractivity contribution is 0.0268. The fourth-order valence-electron chi connectivity index (χ4n) is 2.05. The van der Waals surface area contributed by atoms with Gasteiger partial charge in [-0.25, -0.2) is 9.97 Å². The van der Waals surface area contributed by atoms with Crippen LogP contribution in [0.3, 0.4) is 0 Å². The first kappa shape index (κ1) is 17.9. The molecule has 0 amide bonds. The van der Waals surface area contributed by atoms with E-state index in [0.717, 1.165) is 22.8 Å². The maximum atomic E-state index is 5.38. The SMILES string of the molecule is CN=C(NCCNc1ncnc2c1cnn2C)NCC(C)(C)OC. The molecule has 0 radical (unpaired) electrons. The van der Waals surface area contributed by atoms with Crippen LogP contribution < -0.4 is 16.0 Å². The molecule has 0 aliphatic rings. The Morgan fingerprint density at radius 1 is 1.29 bits per heavy atom. The molecule has 9 heteroatoms. The zero-order chi connectivity index (χ0) is 17.6. The van der Waals surface area contributed by atoms with Crippen molar-refractivity contribution in [3.63, 3.8) is 0 Å². The van der Waals surface area contributed by atoms with Gasteiger partial charge in [0.05, 0.1) is 17.2 Å². The molecule has 0 atom stereocenters. The van der Waals surface area contributed by atoms with Gasteiger partial charge < -0.3 is 20.7 Å². The summed E-state index contributed by atoms with van der Waals surface area (Å²) in [6, 6.07) is 0. The number of aryl methyl sites for hydroxylation is 1. The Morgan fingerprint density at radius 3 is 2.79 bits per heavy atom. The number of aliphatic imine (C=N–C) groups is 1. The zero-order valence-corrected chi connectivity index (χ0v) is 14.9. The molecule has 0 aliphatic carbocycles. The van der Waals surface area contributed by atoms with Crippen LogP contribution in [-0.2, 0) is 11.8 Å². The molecule has 24 heavy (non-hydrogen) atoms. The molecule has 0 aromatic carbocycles.